The highest BCUT2D eigenvalue weighted by Crippen LogP contribution is 2.18. The molecule has 0 bridgehead atoms. The van der Waals surface area contributed by atoms with E-state index >= 15 is 0 Å². The van der Waals surface area contributed by atoms with Gasteiger partial charge in [0.2, 0.25) is 0 Å². The van der Waals surface area contributed by atoms with Crippen molar-refractivity contribution in [2.75, 3.05) is 13.2 Å². The van der Waals surface area contributed by atoms with Crippen LogP contribution in [-0.2, 0) is 0 Å². The molecule has 1 aromatic carbocycles. The van der Waals surface area contributed by atoms with Gasteiger partial charge in [0, 0.05) is 0 Å². The van der Waals surface area contributed by atoms with Crippen LogP contribution in [0.2, 0.25) is 0 Å². The van der Waals surface area contributed by atoms with Crippen molar-refractivity contribution >= 4 is 5.91 Å². The van der Waals surface area contributed by atoms with Crippen LogP contribution in [0.1, 0.15) is 37.6 Å². The number of hydrogen-bond donors (Lipinski definition) is 2. The highest BCUT2D eigenvalue weighted by molar-refractivity contribution is 5.97. The summed E-state index contributed by atoms with van der Waals surface area (Å²) in [6.45, 7) is 6.45. The molecule has 106 valence electrons. The molecule has 4 nitrogen and oxygen atoms in total. The average molecular weight is 265 g/mol. The van der Waals surface area contributed by atoms with Gasteiger partial charge in [-0.2, -0.15) is 0 Å². The SMILES string of the molecule is CCOc1ccccc1C(=O)NC(CO)CC(C)C. The van der Waals surface area contributed by atoms with E-state index in [1.807, 2.05) is 13.0 Å². The van der Waals surface area contributed by atoms with E-state index in [0.717, 1.165) is 6.42 Å². The number of aliphatic hydroxyl groups is 1. The van der Waals surface area contributed by atoms with Gasteiger partial charge in [-0.25, -0.2) is 0 Å². The van der Waals surface area contributed by atoms with Gasteiger partial charge in [-0.3, -0.25) is 4.79 Å². The molecule has 1 amide bonds. The molecule has 1 unspecified atom stereocenters. The Morgan fingerprint density at radius 2 is 2.05 bits per heavy atom. The van der Waals surface area contributed by atoms with Crippen LogP contribution < -0.4 is 10.1 Å². The minimum Gasteiger partial charge on any atom is -0.493 e. The van der Waals surface area contributed by atoms with Crippen LogP contribution in [-0.4, -0.2) is 30.3 Å². The van der Waals surface area contributed by atoms with E-state index in [0.29, 0.717) is 23.8 Å². The number of carbonyl (C=O) groups excluding carboxylic acids is 1. The molecule has 1 rings (SSSR count). The smallest absolute Gasteiger partial charge is 0.255 e. The number of aliphatic hydroxyl groups excluding tert-OH is 1. The predicted octanol–water partition coefficient (Wildman–Crippen LogP) is 2.22. The highest BCUT2D eigenvalue weighted by atomic mass is 16.5. The lowest BCUT2D eigenvalue weighted by Gasteiger charge is -2.19. The maximum Gasteiger partial charge on any atom is 0.255 e. The van der Waals surface area contributed by atoms with Gasteiger partial charge in [-0.15, -0.1) is 0 Å². The van der Waals surface area contributed by atoms with Crippen LogP contribution in [0.4, 0.5) is 0 Å². The van der Waals surface area contributed by atoms with Crippen molar-refractivity contribution in [2.24, 2.45) is 5.92 Å². The Morgan fingerprint density at radius 3 is 2.63 bits per heavy atom. The molecule has 0 heterocycles. The number of carbonyl (C=O) groups is 1. The number of amides is 1. The summed E-state index contributed by atoms with van der Waals surface area (Å²) < 4.78 is 5.43. The molecular formula is C15H23NO3. The van der Waals surface area contributed by atoms with Gasteiger partial charge in [-0.1, -0.05) is 26.0 Å². The fourth-order valence-corrected chi connectivity index (χ4v) is 1.95. The summed E-state index contributed by atoms with van der Waals surface area (Å²) in [5.41, 5.74) is 0.506. The summed E-state index contributed by atoms with van der Waals surface area (Å²) in [5, 5.41) is 12.1. The molecule has 0 spiro atoms. The molecule has 0 aliphatic carbocycles. The lowest BCUT2D eigenvalue weighted by molar-refractivity contribution is 0.0904. The molecule has 0 saturated heterocycles. The quantitative estimate of drug-likeness (QED) is 0.794. The Kier molecular flexibility index (Phi) is 6.36. The van der Waals surface area contributed by atoms with Crippen LogP contribution in [0.25, 0.3) is 0 Å². The maximum absolute atomic E-state index is 12.2. The summed E-state index contributed by atoms with van der Waals surface area (Å²) in [4.78, 5) is 12.2. The molecule has 0 radical (unpaired) electrons. The Hall–Kier alpha value is -1.55. The third-order valence-corrected chi connectivity index (χ3v) is 2.74. The van der Waals surface area contributed by atoms with Crippen LogP contribution in [0.15, 0.2) is 24.3 Å². The second-order valence-electron chi connectivity index (χ2n) is 4.91. The fraction of sp³-hybridized carbons (Fsp3) is 0.533. The third-order valence-electron chi connectivity index (χ3n) is 2.74. The maximum atomic E-state index is 12.2. The first-order valence-electron chi connectivity index (χ1n) is 6.72. The zero-order valence-corrected chi connectivity index (χ0v) is 11.8. The molecule has 4 heteroatoms. The van der Waals surface area contributed by atoms with E-state index < -0.39 is 0 Å². The van der Waals surface area contributed by atoms with Crippen LogP contribution in [0.5, 0.6) is 5.75 Å². The second-order valence-corrected chi connectivity index (χ2v) is 4.91. The number of nitrogens with one attached hydrogen (secondary N) is 1. The number of ether oxygens (including phenoxy) is 1. The van der Waals surface area contributed by atoms with Crippen molar-refractivity contribution in [3.8, 4) is 5.75 Å². The van der Waals surface area contributed by atoms with Crippen molar-refractivity contribution in [1.82, 2.24) is 5.32 Å². The van der Waals surface area contributed by atoms with E-state index in [2.05, 4.69) is 19.2 Å². The normalized spacial score (nSPS) is 12.3. The molecule has 1 atom stereocenters. The minimum atomic E-state index is -0.220. The highest BCUT2D eigenvalue weighted by Gasteiger charge is 2.17. The average Bonchev–Trinajstić information content (AvgIpc) is 2.38. The van der Waals surface area contributed by atoms with Crippen molar-refractivity contribution < 1.29 is 14.6 Å². The topological polar surface area (TPSA) is 58.6 Å². The van der Waals surface area contributed by atoms with Gasteiger partial charge in [0.25, 0.3) is 5.91 Å². The van der Waals surface area contributed by atoms with E-state index in [1.54, 1.807) is 18.2 Å². The molecule has 0 aliphatic heterocycles. The summed E-state index contributed by atoms with van der Waals surface area (Å²) >= 11 is 0. The molecule has 2 N–H and O–H groups in total. The number of rotatable bonds is 7. The van der Waals surface area contributed by atoms with Crippen LogP contribution in [0, 0.1) is 5.92 Å². The molecule has 19 heavy (non-hydrogen) atoms. The first-order valence-corrected chi connectivity index (χ1v) is 6.72. The molecule has 0 fully saturated rings. The minimum absolute atomic E-state index is 0.0548. The first kappa shape index (κ1) is 15.5. The van der Waals surface area contributed by atoms with Crippen molar-refractivity contribution in [1.29, 1.82) is 0 Å². The number of benzene rings is 1. The Balaban J connectivity index is 2.76. The van der Waals surface area contributed by atoms with E-state index in [1.165, 1.54) is 0 Å². The lowest BCUT2D eigenvalue weighted by Crippen LogP contribution is -2.38. The monoisotopic (exact) mass is 265 g/mol. The third kappa shape index (κ3) is 4.91. The molecule has 0 aromatic heterocycles. The second kappa shape index (κ2) is 7.79. The summed E-state index contributed by atoms with van der Waals surface area (Å²) in [5.74, 6) is 0.784. The molecule has 1 aromatic rings. The van der Waals surface area contributed by atoms with Gasteiger partial charge in [0.15, 0.2) is 0 Å². The zero-order valence-electron chi connectivity index (χ0n) is 11.8. The van der Waals surface area contributed by atoms with Crippen molar-refractivity contribution in [3.63, 3.8) is 0 Å². The fourth-order valence-electron chi connectivity index (χ4n) is 1.95. The zero-order chi connectivity index (χ0) is 14.3. The number of para-hydroxylation sites is 1. The van der Waals surface area contributed by atoms with Gasteiger partial charge < -0.3 is 15.2 Å². The summed E-state index contributed by atoms with van der Waals surface area (Å²) in [6, 6.07) is 6.91. The summed E-state index contributed by atoms with van der Waals surface area (Å²) in [7, 11) is 0. The predicted molar refractivity (Wildman–Crippen MR) is 75.4 cm³/mol. The Bertz CT molecular complexity index is 404. The van der Waals surface area contributed by atoms with E-state index in [4.69, 9.17) is 4.74 Å². The standard InChI is InChI=1S/C15H23NO3/c1-4-19-14-8-6-5-7-13(14)15(18)16-12(10-17)9-11(2)3/h5-8,11-12,17H,4,9-10H2,1-3H3,(H,16,18). The van der Waals surface area contributed by atoms with Crippen LogP contribution in [0.3, 0.4) is 0 Å². The molecular weight excluding hydrogens is 242 g/mol. The van der Waals surface area contributed by atoms with Gasteiger partial charge in [-0.05, 0) is 31.4 Å². The first-order chi connectivity index (χ1) is 9.08. The summed E-state index contributed by atoms with van der Waals surface area (Å²) in [6.07, 6.45) is 0.749. The van der Waals surface area contributed by atoms with Gasteiger partial charge in [0.05, 0.1) is 24.8 Å². The largest absolute Gasteiger partial charge is 0.493 e. The lowest BCUT2D eigenvalue weighted by atomic mass is 10.0. The van der Waals surface area contributed by atoms with E-state index in [9.17, 15) is 9.90 Å². The van der Waals surface area contributed by atoms with Gasteiger partial charge in [0.1, 0.15) is 5.75 Å². The van der Waals surface area contributed by atoms with E-state index in [-0.39, 0.29) is 18.6 Å². The molecule has 0 saturated carbocycles. The van der Waals surface area contributed by atoms with Crippen molar-refractivity contribution in [2.45, 2.75) is 33.2 Å². The Labute approximate surface area is 114 Å². The number of hydrogen-bond acceptors (Lipinski definition) is 3. The molecule has 0 aliphatic rings. The van der Waals surface area contributed by atoms with Gasteiger partial charge >= 0.3 is 0 Å². The van der Waals surface area contributed by atoms with Crippen molar-refractivity contribution in [3.05, 3.63) is 29.8 Å². The van der Waals surface area contributed by atoms with Crippen LogP contribution >= 0.6 is 0 Å². The Morgan fingerprint density at radius 1 is 1.37 bits per heavy atom.